The molecule has 0 atom stereocenters. The molecule has 3 aromatic heterocycles. The Hall–Kier alpha value is -8.41. The fraction of sp³-hybridized carbons (Fsp3) is 0. The normalized spacial score (nSPS) is 11.5. The predicted octanol–water partition coefficient (Wildman–Crippen LogP) is 14.9. The van der Waals surface area contributed by atoms with Gasteiger partial charge in [-0.3, -0.25) is 0 Å². The highest BCUT2D eigenvalue weighted by atomic mass is 16.3. The summed E-state index contributed by atoms with van der Waals surface area (Å²) in [6.45, 7) is 0. The van der Waals surface area contributed by atoms with Crippen molar-refractivity contribution in [1.29, 1.82) is 0 Å². The maximum absolute atomic E-state index is 6.36. The largest absolute Gasteiger partial charge is 0.456 e. The van der Waals surface area contributed by atoms with Crippen molar-refractivity contribution in [2.24, 2.45) is 0 Å². The van der Waals surface area contributed by atoms with Crippen molar-refractivity contribution in [1.82, 2.24) is 19.5 Å². The zero-order valence-electron chi connectivity index (χ0n) is 33.5. The zero-order chi connectivity index (χ0) is 41.0. The van der Waals surface area contributed by atoms with E-state index in [1.165, 1.54) is 16.3 Å². The van der Waals surface area contributed by atoms with E-state index in [1.54, 1.807) is 0 Å². The van der Waals surface area contributed by atoms with Crippen LogP contribution in [-0.2, 0) is 0 Å². The van der Waals surface area contributed by atoms with Gasteiger partial charge in [-0.15, -0.1) is 0 Å². The number of para-hydroxylation sites is 3. The second-order valence-electron chi connectivity index (χ2n) is 15.5. The molecule has 9 aromatic carbocycles. The van der Waals surface area contributed by atoms with Crippen LogP contribution in [0.4, 0.5) is 0 Å². The van der Waals surface area contributed by atoms with E-state index in [0.717, 1.165) is 83.2 Å². The number of benzene rings is 9. The summed E-state index contributed by atoms with van der Waals surface area (Å²) in [4.78, 5) is 16.0. The molecule has 290 valence electrons. The van der Waals surface area contributed by atoms with E-state index < -0.39 is 0 Å². The Morgan fingerprint density at radius 1 is 0.323 bits per heavy atom. The summed E-state index contributed by atoms with van der Waals surface area (Å²) in [7, 11) is 0. The van der Waals surface area contributed by atoms with Crippen molar-refractivity contribution >= 4 is 43.7 Å². The maximum atomic E-state index is 6.36. The van der Waals surface area contributed by atoms with Crippen molar-refractivity contribution in [3.05, 3.63) is 218 Å². The van der Waals surface area contributed by atoms with Gasteiger partial charge in [-0.1, -0.05) is 164 Å². The molecule has 12 rings (SSSR count). The van der Waals surface area contributed by atoms with Gasteiger partial charge in [0.25, 0.3) is 0 Å². The van der Waals surface area contributed by atoms with Crippen molar-refractivity contribution in [2.45, 2.75) is 0 Å². The van der Waals surface area contributed by atoms with Gasteiger partial charge in [-0.2, -0.15) is 0 Å². The minimum atomic E-state index is 0.576. The van der Waals surface area contributed by atoms with Crippen LogP contribution in [0.3, 0.4) is 0 Å². The zero-order valence-corrected chi connectivity index (χ0v) is 33.5. The Bertz CT molecular complexity index is 3610. The van der Waals surface area contributed by atoms with E-state index in [-0.39, 0.29) is 0 Å². The van der Waals surface area contributed by atoms with E-state index in [0.29, 0.717) is 17.5 Å². The molecule has 0 spiro atoms. The van der Waals surface area contributed by atoms with Crippen LogP contribution in [0.2, 0.25) is 0 Å². The third-order valence-corrected chi connectivity index (χ3v) is 11.9. The molecule has 3 heterocycles. The number of fused-ring (bicyclic) bond motifs is 6. The van der Waals surface area contributed by atoms with Crippen LogP contribution >= 0.6 is 0 Å². The summed E-state index contributed by atoms with van der Waals surface area (Å²) in [6, 6.07) is 76.4. The van der Waals surface area contributed by atoms with Crippen LogP contribution in [0, 0.1) is 0 Å². The first kappa shape index (κ1) is 35.5. The van der Waals surface area contributed by atoms with E-state index in [4.69, 9.17) is 19.4 Å². The van der Waals surface area contributed by atoms with Crippen LogP contribution in [0.5, 0.6) is 0 Å². The summed E-state index contributed by atoms with van der Waals surface area (Å²) in [5, 5.41) is 4.37. The molecule has 12 aromatic rings. The number of aromatic nitrogens is 4. The molecule has 0 aliphatic carbocycles. The molecule has 5 nitrogen and oxygen atoms in total. The predicted molar refractivity (Wildman–Crippen MR) is 254 cm³/mol. The molecule has 0 radical (unpaired) electrons. The van der Waals surface area contributed by atoms with Gasteiger partial charge in [0.2, 0.25) is 0 Å². The summed E-state index contributed by atoms with van der Waals surface area (Å²) in [6.07, 6.45) is 0. The van der Waals surface area contributed by atoms with E-state index >= 15 is 0 Å². The fourth-order valence-electron chi connectivity index (χ4n) is 9.05. The Labute approximate surface area is 357 Å². The first-order valence-corrected chi connectivity index (χ1v) is 20.9. The second-order valence-corrected chi connectivity index (χ2v) is 15.5. The maximum Gasteiger partial charge on any atom is 0.164 e. The third kappa shape index (κ3) is 5.98. The molecule has 0 aliphatic heterocycles. The Morgan fingerprint density at radius 2 is 0.887 bits per heavy atom. The van der Waals surface area contributed by atoms with E-state index in [9.17, 15) is 0 Å². The van der Waals surface area contributed by atoms with Crippen LogP contribution in [0.25, 0.3) is 117 Å². The number of hydrogen-bond donors (Lipinski definition) is 0. The summed E-state index contributed by atoms with van der Waals surface area (Å²) in [5.41, 5.74) is 14.2. The SMILES string of the molecule is c1ccc(-c2cc(-c3ccc4c(c3)c3ccccc3n4-c3ccccc3)c(-c3ccccc3)c(-c3nc(-c4ccccc4)nc(-c4cccc5oc6ccccc6c45)n3)c2)cc1. The molecule has 0 unspecified atom stereocenters. The lowest BCUT2D eigenvalue weighted by Gasteiger charge is -2.19. The van der Waals surface area contributed by atoms with Crippen molar-refractivity contribution in [3.8, 4) is 73.2 Å². The van der Waals surface area contributed by atoms with Crippen LogP contribution < -0.4 is 0 Å². The smallest absolute Gasteiger partial charge is 0.164 e. The van der Waals surface area contributed by atoms with E-state index in [1.807, 2.05) is 48.5 Å². The van der Waals surface area contributed by atoms with Gasteiger partial charge in [0.15, 0.2) is 17.5 Å². The van der Waals surface area contributed by atoms with Crippen molar-refractivity contribution in [2.75, 3.05) is 0 Å². The molecule has 5 heteroatoms. The quantitative estimate of drug-likeness (QED) is 0.161. The van der Waals surface area contributed by atoms with Gasteiger partial charge >= 0.3 is 0 Å². The second kappa shape index (κ2) is 14.7. The average molecular weight is 793 g/mol. The highest BCUT2D eigenvalue weighted by molar-refractivity contribution is 6.13. The molecule has 0 aliphatic rings. The number of rotatable bonds is 7. The molecule has 0 bridgehead atoms. The molecular weight excluding hydrogens is 757 g/mol. The van der Waals surface area contributed by atoms with Crippen molar-refractivity contribution in [3.63, 3.8) is 0 Å². The Morgan fingerprint density at radius 3 is 1.65 bits per heavy atom. The minimum Gasteiger partial charge on any atom is -0.456 e. The highest BCUT2D eigenvalue weighted by Gasteiger charge is 2.23. The Balaban J connectivity index is 1.17. The topological polar surface area (TPSA) is 56.7 Å². The third-order valence-electron chi connectivity index (χ3n) is 11.9. The average Bonchev–Trinajstić information content (AvgIpc) is 3.90. The van der Waals surface area contributed by atoms with Gasteiger partial charge in [0.1, 0.15) is 11.2 Å². The van der Waals surface area contributed by atoms with Crippen LogP contribution in [0.1, 0.15) is 0 Å². The molecule has 0 saturated heterocycles. The van der Waals surface area contributed by atoms with Gasteiger partial charge in [-0.25, -0.2) is 15.0 Å². The standard InChI is InChI=1S/C57H36N4O/c1-5-18-37(19-6-1)41-35-46(40-32-33-50-47(34-40)43-26-13-15-29-49(43)61(50)42-24-11-4-12-25-42)53(38-20-7-2-8-21-38)48(36-41)57-59-55(39-22-9-3-10-23-39)58-56(60-57)45-28-17-31-52-54(45)44-27-14-16-30-51(44)62-52/h1-36H. The fourth-order valence-corrected chi connectivity index (χ4v) is 9.05. The van der Waals surface area contributed by atoms with Gasteiger partial charge in [0, 0.05) is 49.5 Å². The number of hydrogen-bond acceptors (Lipinski definition) is 4. The molecule has 62 heavy (non-hydrogen) atoms. The van der Waals surface area contributed by atoms with Gasteiger partial charge in [0.05, 0.1) is 11.0 Å². The summed E-state index contributed by atoms with van der Waals surface area (Å²) >= 11 is 0. The lowest BCUT2D eigenvalue weighted by Crippen LogP contribution is -2.02. The van der Waals surface area contributed by atoms with Gasteiger partial charge in [-0.05, 0) is 82.4 Å². The Kier molecular flexibility index (Phi) is 8.42. The summed E-state index contributed by atoms with van der Waals surface area (Å²) in [5.74, 6) is 1.75. The number of nitrogens with zero attached hydrogens (tertiary/aromatic N) is 4. The van der Waals surface area contributed by atoms with Gasteiger partial charge < -0.3 is 8.98 Å². The highest BCUT2D eigenvalue weighted by Crippen LogP contribution is 2.45. The first-order valence-electron chi connectivity index (χ1n) is 20.9. The minimum absolute atomic E-state index is 0.576. The molecular formula is C57H36N4O. The molecule has 0 N–H and O–H groups in total. The monoisotopic (exact) mass is 792 g/mol. The van der Waals surface area contributed by atoms with Crippen LogP contribution in [-0.4, -0.2) is 19.5 Å². The van der Waals surface area contributed by atoms with E-state index in [2.05, 4.69) is 174 Å². The lowest BCUT2D eigenvalue weighted by molar-refractivity contribution is 0.669. The molecule has 0 fully saturated rings. The number of furan rings is 1. The first-order chi connectivity index (χ1) is 30.7. The summed E-state index contributed by atoms with van der Waals surface area (Å²) < 4.78 is 8.72. The van der Waals surface area contributed by atoms with Crippen LogP contribution in [0.15, 0.2) is 223 Å². The molecule has 0 amide bonds. The molecule has 0 saturated carbocycles. The lowest BCUT2D eigenvalue weighted by atomic mass is 9.86. The van der Waals surface area contributed by atoms with Crippen molar-refractivity contribution < 1.29 is 4.42 Å².